The second kappa shape index (κ2) is 8.63. The summed E-state index contributed by atoms with van der Waals surface area (Å²) in [6.45, 7) is 2.72. The highest BCUT2D eigenvalue weighted by Crippen LogP contribution is 2.27. The summed E-state index contributed by atoms with van der Waals surface area (Å²) in [6, 6.07) is 12.1. The van der Waals surface area contributed by atoms with Crippen LogP contribution in [-0.2, 0) is 21.4 Å². The Hall–Kier alpha value is -2.25. The first-order valence-electron chi connectivity index (χ1n) is 9.22. The molecule has 0 aliphatic carbocycles. The second-order valence-electron chi connectivity index (χ2n) is 6.88. The average Bonchev–Trinajstić information content (AvgIpc) is 2.68. The molecule has 6 nitrogen and oxygen atoms in total. The number of aryl methyl sites for hydroxylation is 1. The summed E-state index contributed by atoms with van der Waals surface area (Å²) in [4.78, 5) is 16.8. The number of pyridine rings is 1. The highest BCUT2D eigenvalue weighted by Gasteiger charge is 2.34. The van der Waals surface area contributed by atoms with Crippen LogP contribution in [0.2, 0.25) is 0 Å². The molecule has 0 unspecified atom stereocenters. The molecule has 0 bridgehead atoms. The summed E-state index contributed by atoms with van der Waals surface area (Å²) < 4.78 is 27.6. The van der Waals surface area contributed by atoms with Crippen molar-refractivity contribution in [3.63, 3.8) is 0 Å². The van der Waals surface area contributed by atoms with Crippen LogP contribution in [0.5, 0.6) is 0 Å². The van der Waals surface area contributed by atoms with Crippen molar-refractivity contribution >= 4 is 15.9 Å². The van der Waals surface area contributed by atoms with Gasteiger partial charge >= 0.3 is 0 Å². The quantitative estimate of drug-likeness (QED) is 0.826. The predicted molar refractivity (Wildman–Crippen MR) is 103 cm³/mol. The first-order valence-corrected chi connectivity index (χ1v) is 10.7. The number of nitrogens with zero attached hydrogens (tertiary/aromatic N) is 2. The standard InChI is InChI=1S/C20H25N3O3S/c1-16-8-10-19(11-9-16)27(25,26)23-13-5-3-7-18(23)14-20(24)22-15-17-6-2-4-12-21-17/h2,4,6,8-12,18H,3,5,7,13-15H2,1H3,(H,22,24)/t18-/m0/s1. The van der Waals surface area contributed by atoms with Crippen molar-refractivity contribution in [1.29, 1.82) is 0 Å². The minimum Gasteiger partial charge on any atom is -0.350 e. The monoisotopic (exact) mass is 387 g/mol. The zero-order chi connectivity index (χ0) is 19.3. The van der Waals surface area contributed by atoms with Gasteiger partial charge in [-0.1, -0.05) is 30.2 Å². The second-order valence-corrected chi connectivity index (χ2v) is 8.77. The molecule has 3 rings (SSSR count). The van der Waals surface area contributed by atoms with Crippen molar-refractivity contribution in [3.05, 3.63) is 59.9 Å². The van der Waals surface area contributed by atoms with Crippen molar-refractivity contribution in [2.75, 3.05) is 6.54 Å². The number of rotatable bonds is 6. The van der Waals surface area contributed by atoms with Crippen LogP contribution in [0, 0.1) is 6.92 Å². The lowest BCUT2D eigenvalue weighted by atomic mass is 10.0. The molecule has 1 atom stereocenters. The molecule has 2 heterocycles. The van der Waals surface area contributed by atoms with E-state index in [9.17, 15) is 13.2 Å². The minimum atomic E-state index is -3.60. The third-order valence-corrected chi connectivity index (χ3v) is 6.78. The molecule has 1 aromatic heterocycles. The SMILES string of the molecule is Cc1ccc(S(=O)(=O)N2CCCC[C@H]2CC(=O)NCc2ccccn2)cc1. The Kier molecular flexibility index (Phi) is 6.23. The Morgan fingerprint density at radius 3 is 2.67 bits per heavy atom. The van der Waals surface area contributed by atoms with Crippen molar-refractivity contribution in [2.45, 2.75) is 50.1 Å². The molecule has 0 radical (unpaired) electrons. The molecule has 1 saturated heterocycles. The molecule has 1 aromatic carbocycles. The van der Waals surface area contributed by atoms with Crippen molar-refractivity contribution in [1.82, 2.24) is 14.6 Å². The number of nitrogens with one attached hydrogen (secondary N) is 1. The maximum absolute atomic E-state index is 13.1. The summed E-state index contributed by atoms with van der Waals surface area (Å²) in [6.07, 6.45) is 4.29. The van der Waals surface area contributed by atoms with Crippen LogP contribution < -0.4 is 5.32 Å². The minimum absolute atomic E-state index is 0.156. The Labute approximate surface area is 160 Å². The Balaban J connectivity index is 1.67. The van der Waals surface area contributed by atoms with Crippen LogP contribution >= 0.6 is 0 Å². The third-order valence-electron chi connectivity index (χ3n) is 4.81. The normalized spacial score (nSPS) is 18.2. The van der Waals surface area contributed by atoms with E-state index in [2.05, 4.69) is 10.3 Å². The number of carbonyl (C=O) groups is 1. The van der Waals surface area contributed by atoms with E-state index in [4.69, 9.17) is 0 Å². The number of sulfonamides is 1. The van der Waals surface area contributed by atoms with E-state index in [-0.39, 0.29) is 23.3 Å². The van der Waals surface area contributed by atoms with Gasteiger partial charge in [0.05, 0.1) is 17.1 Å². The molecular formula is C20H25N3O3S. The summed E-state index contributed by atoms with van der Waals surface area (Å²) in [5, 5.41) is 2.84. The van der Waals surface area contributed by atoms with Gasteiger partial charge in [-0.3, -0.25) is 9.78 Å². The lowest BCUT2D eigenvalue weighted by Gasteiger charge is -2.34. The topological polar surface area (TPSA) is 79.4 Å². The summed E-state index contributed by atoms with van der Waals surface area (Å²) in [5.74, 6) is -0.156. The zero-order valence-corrected chi connectivity index (χ0v) is 16.3. The van der Waals surface area contributed by atoms with E-state index in [0.717, 1.165) is 24.1 Å². The first kappa shape index (κ1) is 19.5. The number of aromatic nitrogens is 1. The molecule has 2 aromatic rings. The maximum Gasteiger partial charge on any atom is 0.243 e. The van der Waals surface area contributed by atoms with Gasteiger partial charge in [-0.25, -0.2) is 8.42 Å². The van der Waals surface area contributed by atoms with Gasteiger partial charge < -0.3 is 5.32 Å². The average molecular weight is 388 g/mol. The Morgan fingerprint density at radius 2 is 1.96 bits per heavy atom. The fourth-order valence-electron chi connectivity index (χ4n) is 3.32. The van der Waals surface area contributed by atoms with Crippen molar-refractivity contribution in [3.8, 4) is 0 Å². The van der Waals surface area contributed by atoms with Crippen LogP contribution in [0.4, 0.5) is 0 Å². The summed E-state index contributed by atoms with van der Waals surface area (Å²) in [7, 11) is -3.60. The van der Waals surface area contributed by atoms with Gasteiger partial charge in [0, 0.05) is 25.2 Å². The first-order chi connectivity index (χ1) is 13.0. The zero-order valence-electron chi connectivity index (χ0n) is 15.5. The molecular weight excluding hydrogens is 362 g/mol. The Morgan fingerprint density at radius 1 is 1.19 bits per heavy atom. The van der Waals surface area contributed by atoms with Gasteiger partial charge in [-0.2, -0.15) is 4.31 Å². The van der Waals surface area contributed by atoms with Gasteiger partial charge in [0.15, 0.2) is 0 Å². The van der Waals surface area contributed by atoms with E-state index in [1.54, 1.807) is 30.5 Å². The van der Waals surface area contributed by atoms with E-state index < -0.39 is 10.0 Å². The molecule has 1 amide bonds. The van der Waals surface area contributed by atoms with Crippen molar-refractivity contribution < 1.29 is 13.2 Å². The lowest BCUT2D eigenvalue weighted by Crippen LogP contribution is -2.45. The van der Waals surface area contributed by atoms with Crippen LogP contribution in [0.3, 0.4) is 0 Å². The number of carbonyl (C=O) groups excluding carboxylic acids is 1. The van der Waals surface area contributed by atoms with E-state index in [0.29, 0.717) is 19.5 Å². The molecule has 27 heavy (non-hydrogen) atoms. The fourth-order valence-corrected chi connectivity index (χ4v) is 5.01. The molecule has 144 valence electrons. The van der Waals surface area contributed by atoms with Gasteiger partial charge in [-0.15, -0.1) is 0 Å². The van der Waals surface area contributed by atoms with Gasteiger partial charge in [0.25, 0.3) is 0 Å². The fraction of sp³-hybridized carbons (Fsp3) is 0.400. The van der Waals surface area contributed by atoms with Crippen LogP contribution in [0.1, 0.15) is 36.9 Å². The molecule has 1 aliphatic rings. The largest absolute Gasteiger partial charge is 0.350 e. The number of amides is 1. The summed E-state index contributed by atoms with van der Waals surface area (Å²) >= 11 is 0. The Bertz CT molecular complexity index is 867. The maximum atomic E-state index is 13.1. The van der Waals surface area contributed by atoms with Gasteiger partial charge in [-0.05, 0) is 44.0 Å². The van der Waals surface area contributed by atoms with Gasteiger partial charge in [0.1, 0.15) is 0 Å². The number of benzene rings is 1. The van der Waals surface area contributed by atoms with E-state index >= 15 is 0 Å². The van der Waals surface area contributed by atoms with Crippen LogP contribution in [0.25, 0.3) is 0 Å². The highest BCUT2D eigenvalue weighted by molar-refractivity contribution is 7.89. The molecule has 0 saturated carbocycles. The van der Waals surface area contributed by atoms with Crippen LogP contribution in [0.15, 0.2) is 53.6 Å². The molecule has 1 fully saturated rings. The predicted octanol–water partition coefficient (Wildman–Crippen LogP) is 2.64. The number of hydrogen-bond acceptors (Lipinski definition) is 4. The molecule has 1 aliphatic heterocycles. The highest BCUT2D eigenvalue weighted by atomic mass is 32.2. The van der Waals surface area contributed by atoms with Crippen molar-refractivity contribution in [2.24, 2.45) is 0 Å². The van der Waals surface area contributed by atoms with Crippen LogP contribution in [-0.4, -0.2) is 36.2 Å². The smallest absolute Gasteiger partial charge is 0.243 e. The number of hydrogen-bond donors (Lipinski definition) is 1. The van der Waals surface area contributed by atoms with E-state index in [1.807, 2.05) is 25.1 Å². The molecule has 7 heteroatoms. The third kappa shape index (κ3) is 4.93. The van der Waals surface area contributed by atoms with Gasteiger partial charge in [0.2, 0.25) is 15.9 Å². The summed E-state index contributed by atoms with van der Waals surface area (Å²) in [5.41, 5.74) is 1.79. The molecule has 1 N–H and O–H groups in total. The number of piperidine rings is 1. The lowest BCUT2D eigenvalue weighted by molar-refractivity contribution is -0.122. The molecule has 0 spiro atoms. The van der Waals surface area contributed by atoms with E-state index in [1.165, 1.54) is 4.31 Å².